The van der Waals surface area contributed by atoms with Gasteiger partial charge in [0.25, 0.3) is 0 Å². The summed E-state index contributed by atoms with van der Waals surface area (Å²) in [6, 6.07) is 2.41. The van der Waals surface area contributed by atoms with Crippen LogP contribution in [0.15, 0.2) is 18.5 Å². The number of nitrogen functional groups attached to an aromatic ring is 1. The van der Waals surface area contributed by atoms with E-state index < -0.39 is 0 Å². The summed E-state index contributed by atoms with van der Waals surface area (Å²) in [7, 11) is 0. The molecule has 0 aromatic carbocycles. The third-order valence-corrected chi connectivity index (χ3v) is 2.04. The highest BCUT2D eigenvalue weighted by Crippen LogP contribution is 2.22. The van der Waals surface area contributed by atoms with Gasteiger partial charge in [-0.25, -0.2) is 0 Å². The van der Waals surface area contributed by atoms with Gasteiger partial charge in [0, 0.05) is 11.8 Å². The molecule has 3 N–H and O–H groups in total. The van der Waals surface area contributed by atoms with Crippen LogP contribution in [0.4, 0.5) is 0 Å². The van der Waals surface area contributed by atoms with E-state index in [4.69, 9.17) is 5.84 Å². The molecule has 2 rings (SSSR count). The Morgan fingerprint density at radius 1 is 1.64 bits per heavy atom. The Balaban J connectivity index is 2.57. The first-order chi connectivity index (χ1) is 5.29. The predicted octanol–water partition coefficient (Wildman–Crippen LogP) is 0.837. The lowest BCUT2D eigenvalue weighted by Crippen LogP contribution is -2.18. The molecule has 3 heteroatoms. The zero-order valence-corrected chi connectivity index (χ0v) is 6.41. The summed E-state index contributed by atoms with van der Waals surface area (Å²) < 4.78 is 1.64. The standard InChI is InChI=1S/C8H11N3/c1-6-7-3-5-11(9)8(7)2-4-10-6/h2-6,10H,9H2,1H3. The molecule has 1 aliphatic heterocycles. The molecule has 0 radical (unpaired) electrons. The van der Waals surface area contributed by atoms with Crippen LogP contribution in [0.2, 0.25) is 0 Å². The minimum absolute atomic E-state index is 0.375. The molecule has 3 nitrogen and oxygen atoms in total. The molecular formula is C8H11N3. The Hall–Kier alpha value is -1.38. The molecule has 1 aromatic heterocycles. The van der Waals surface area contributed by atoms with E-state index in [0.29, 0.717) is 6.04 Å². The normalized spacial score (nSPS) is 21.0. The van der Waals surface area contributed by atoms with Gasteiger partial charge in [-0.1, -0.05) is 0 Å². The molecule has 1 unspecified atom stereocenters. The van der Waals surface area contributed by atoms with Crippen molar-refractivity contribution in [1.82, 2.24) is 9.99 Å². The highest BCUT2D eigenvalue weighted by Gasteiger charge is 2.13. The second kappa shape index (κ2) is 2.05. The van der Waals surface area contributed by atoms with Gasteiger partial charge < -0.3 is 11.2 Å². The average Bonchev–Trinajstić information content (AvgIpc) is 2.35. The van der Waals surface area contributed by atoms with Crippen molar-refractivity contribution in [2.24, 2.45) is 0 Å². The van der Waals surface area contributed by atoms with Crippen LogP contribution < -0.4 is 11.2 Å². The summed E-state index contributed by atoms with van der Waals surface area (Å²) in [5.74, 6) is 5.66. The van der Waals surface area contributed by atoms with E-state index in [-0.39, 0.29) is 0 Å². The van der Waals surface area contributed by atoms with Crippen LogP contribution in [-0.4, -0.2) is 4.68 Å². The summed E-state index contributed by atoms with van der Waals surface area (Å²) in [5.41, 5.74) is 2.35. The van der Waals surface area contributed by atoms with Crippen molar-refractivity contribution in [3.63, 3.8) is 0 Å². The highest BCUT2D eigenvalue weighted by atomic mass is 15.3. The van der Waals surface area contributed by atoms with Gasteiger partial charge in [0.15, 0.2) is 0 Å². The molecule has 0 aliphatic carbocycles. The van der Waals surface area contributed by atoms with Crippen molar-refractivity contribution in [1.29, 1.82) is 0 Å². The van der Waals surface area contributed by atoms with E-state index >= 15 is 0 Å². The molecule has 0 saturated carbocycles. The monoisotopic (exact) mass is 149 g/mol. The summed E-state index contributed by atoms with van der Waals surface area (Å²) in [4.78, 5) is 0. The van der Waals surface area contributed by atoms with Crippen LogP contribution in [-0.2, 0) is 0 Å². The van der Waals surface area contributed by atoms with Gasteiger partial charge in [-0.15, -0.1) is 0 Å². The van der Waals surface area contributed by atoms with E-state index in [1.165, 1.54) is 5.56 Å². The van der Waals surface area contributed by atoms with Gasteiger partial charge in [0.05, 0.1) is 11.7 Å². The summed E-state index contributed by atoms with van der Waals surface area (Å²) >= 11 is 0. The van der Waals surface area contributed by atoms with Crippen LogP contribution in [0, 0.1) is 0 Å². The van der Waals surface area contributed by atoms with Crippen LogP contribution in [0.5, 0.6) is 0 Å². The van der Waals surface area contributed by atoms with Gasteiger partial charge >= 0.3 is 0 Å². The Labute approximate surface area is 65.5 Å². The van der Waals surface area contributed by atoms with E-state index in [1.807, 2.05) is 24.5 Å². The van der Waals surface area contributed by atoms with Gasteiger partial charge in [0.1, 0.15) is 0 Å². The minimum atomic E-state index is 0.375. The molecule has 11 heavy (non-hydrogen) atoms. The second-order valence-corrected chi connectivity index (χ2v) is 2.79. The maximum atomic E-state index is 5.66. The minimum Gasteiger partial charge on any atom is -0.384 e. The summed E-state index contributed by atoms with van der Waals surface area (Å²) in [6.45, 7) is 2.11. The molecule has 0 fully saturated rings. The predicted molar refractivity (Wildman–Crippen MR) is 45.2 cm³/mol. The molecule has 0 spiro atoms. The lowest BCUT2D eigenvalue weighted by Gasteiger charge is -2.16. The van der Waals surface area contributed by atoms with Crippen LogP contribution in [0.1, 0.15) is 24.2 Å². The Bertz CT molecular complexity index is 298. The topological polar surface area (TPSA) is 43.0 Å². The summed E-state index contributed by atoms with van der Waals surface area (Å²) in [6.07, 6.45) is 5.78. The van der Waals surface area contributed by atoms with E-state index in [9.17, 15) is 0 Å². The van der Waals surface area contributed by atoms with Crippen LogP contribution >= 0.6 is 0 Å². The van der Waals surface area contributed by atoms with Gasteiger partial charge in [0.2, 0.25) is 0 Å². The number of aromatic nitrogens is 1. The second-order valence-electron chi connectivity index (χ2n) is 2.79. The number of nitrogens with zero attached hydrogens (tertiary/aromatic N) is 1. The van der Waals surface area contributed by atoms with Crippen molar-refractivity contribution in [2.75, 3.05) is 5.84 Å². The van der Waals surface area contributed by atoms with Crippen molar-refractivity contribution in [3.8, 4) is 0 Å². The smallest absolute Gasteiger partial charge is 0.0684 e. The fourth-order valence-electron chi connectivity index (χ4n) is 1.38. The third kappa shape index (κ3) is 0.808. The number of fused-ring (bicyclic) bond motifs is 1. The first-order valence-electron chi connectivity index (χ1n) is 3.68. The SMILES string of the molecule is CC1NC=Cc2c1ccn2N. The Morgan fingerprint density at radius 2 is 2.45 bits per heavy atom. The lowest BCUT2D eigenvalue weighted by atomic mass is 10.1. The number of nitrogens with two attached hydrogens (primary N) is 1. The van der Waals surface area contributed by atoms with Gasteiger partial charge in [-0.05, 0) is 25.3 Å². The third-order valence-electron chi connectivity index (χ3n) is 2.04. The Kier molecular flexibility index (Phi) is 1.18. The Morgan fingerprint density at radius 3 is 3.18 bits per heavy atom. The van der Waals surface area contributed by atoms with E-state index in [1.54, 1.807) is 4.68 Å². The van der Waals surface area contributed by atoms with Gasteiger partial charge in [-0.3, -0.25) is 4.68 Å². The van der Waals surface area contributed by atoms with Crippen molar-refractivity contribution < 1.29 is 0 Å². The highest BCUT2D eigenvalue weighted by molar-refractivity contribution is 5.54. The zero-order chi connectivity index (χ0) is 7.84. The number of hydrogen-bond donors (Lipinski definition) is 2. The molecule has 0 saturated heterocycles. The van der Waals surface area contributed by atoms with Crippen molar-refractivity contribution >= 4 is 6.08 Å². The average molecular weight is 149 g/mol. The lowest BCUT2D eigenvalue weighted by molar-refractivity contribution is 0.675. The maximum absolute atomic E-state index is 5.66. The van der Waals surface area contributed by atoms with E-state index in [0.717, 1.165) is 5.69 Å². The molecular weight excluding hydrogens is 138 g/mol. The molecule has 0 bridgehead atoms. The maximum Gasteiger partial charge on any atom is 0.0684 e. The van der Waals surface area contributed by atoms with Crippen molar-refractivity contribution in [2.45, 2.75) is 13.0 Å². The van der Waals surface area contributed by atoms with Crippen LogP contribution in [0.25, 0.3) is 6.08 Å². The largest absolute Gasteiger partial charge is 0.384 e. The number of hydrogen-bond acceptors (Lipinski definition) is 2. The number of nitrogens with one attached hydrogen (secondary N) is 1. The molecule has 1 aliphatic rings. The van der Waals surface area contributed by atoms with Crippen molar-refractivity contribution in [3.05, 3.63) is 29.7 Å². The summed E-state index contributed by atoms with van der Waals surface area (Å²) in [5, 5.41) is 3.20. The van der Waals surface area contributed by atoms with Crippen LogP contribution in [0.3, 0.4) is 0 Å². The fourth-order valence-corrected chi connectivity index (χ4v) is 1.38. The zero-order valence-electron chi connectivity index (χ0n) is 6.41. The quantitative estimate of drug-likeness (QED) is 0.537. The van der Waals surface area contributed by atoms with Gasteiger partial charge in [-0.2, -0.15) is 0 Å². The molecule has 0 amide bonds. The fraction of sp³-hybridized carbons (Fsp3) is 0.250. The molecule has 1 atom stereocenters. The first kappa shape index (κ1) is 6.34. The number of rotatable bonds is 0. The molecule has 1 aromatic rings. The molecule has 58 valence electrons. The molecule has 2 heterocycles. The first-order valence-corrected chi connectivity index (χ1v) is 3.68. The van der Waals surface area contributed by atoms with E-state index in [2.05, 4.69) is 12.2 Å².